The number of imidazole rings is 1. The van der Waals surface area contributed by atoms with Gasteiger partial charge in [0.2, 0.25) is 5.88 Å². The molecule has 0 fully saturated rings. The lowest BCUT2D eigenvalue weighted by atomic mass is 10.1. The van der Waals surface area contributed by atoms with Crippen LogP contribution in [0.25, 0.3) is 16.9 Å². The molecule has 0 bridgehead atoms. The third-order valence-corrected chi connectivity index (χ3v) is 6.03. The highest BCUT2D eigenvalue weighted by Crippen LogP contribution is 2.27. The molecule has 9 heteroatoms. The van der Waals surface area contributed by atoms with Gasteiger partial charge in [-0.1, -0.05) is 12.1 Å². The third kappa shape index (κ3) is 3.79. The maximum atomic E-state index is 12.8. The van der Waals surface area contributed by atoms with Gasteiger partial charge >= 0.3 is 0 Å². The third-order valence-electron chi connectivity index (χ3n) is 4.65. The van der Waals surface area contributed by atoms with Gasteiger partial charge in [-0.2, -0.15) is 0 Å². The monoisotopic (exact) mass is 424 g/mol. The minimum Gasteiger partial charge on any atom is -0.497 e. The average Bonchev–Trinajstić information content (AvgIpc) is 3.18. The van der Waals surface area contributed by atoms with Crippen LogP contribution >= 0.6 is 0 Å². The Kier molecular flexibility index (Phi) is 5.04. The first-order valence-corrected chi connectivity index (χ1v) is 10.6. The van der Waals surface area contributed by atoms with Crippen molar-refractivity contribution in [2.45, 2.75) is 11.8 Å². The Labute approximate surface area is 174 Å². The summed E-state index contributed by atoms with van der Waals surface area (Å²) in [5, 5.41) is 4.30. The summed E-state index contributed by atoms with van der Waals surface area (Å²) in [4.78, 5) is 4.71. The lowest BCUT2D eigenvalue weighted by Gasteiger charge is -2.12. The van der Waals surface area contributed by atoms with E-state index in [1.807, 2.05) is 19.1 Å². The van der Waals surface area contributed by atoms with E-state index in [1.165, 1.54) is 19.2 Å². The zero-order chi connectivity index (χ0) is 21.3. The molecule has 2 aromatic heterocycles. The number of nitrogens with zero attached hydrogens (tertiary/aromatic N) is 3. The number of ether oxygens (including phenoxy) is 2. The molecule has 0 radical (unpaired) electrons. The molecule has 2 aromatic carbocycles. The normalized spacial score (nSPS) is 11.4. The van der Waals surface area contributed by atoms with Gasteiger partial charge in [0.25, 0.3) is 10.0 Å². The Morgan fingerprint density at radius 1 is 0.967 bits per heavy atom. The molecule has 30 heavy (non-hydrogen) atoms. The van der Waals surface area contributed by atoms with Gasteiger partial charge in [0.15, 0.2) is 5.65 Å². The molecule has 8 nitrogen and oxygen atoms in total. The van der Waals surface area contributed by atoms with E-state index in [1.54, 1.807) is 48.2 Å². The molecule has 0 saturated carbocycles. The van der Waals surface area contributed by atoms with E-state index >= 15 is 0 Å². The van der Waals surface area contributed by atoms with Gasteiger partial charge in [0.1, 0.15) is 5.75 Å². The Bertz CT molecular complexity index is 1310. The first kappa shape index (κ1) is 19.7. The summed E-state index contributed by atoms with van der Waals surface area (Å²) in [5.41, 5.74) is 3.36. The van der Waals surface area contributed by atoms with E-state index in [0.717, 1.165) is 11.1 Å². The van der Waals surface area contributed by atoms with Gasteiger partial charge in [-0.15, -0.1) is 5.10 Å². The number of nitrogens with one attached hydrogen (secondary N) is 1. The number of methoxy groups -OCH3 is 2. The van der Waals surface area contributed by atoms with Crippen LogP contribution in [0.4, 0.5) is 5.69 Å². The van der Waals surface area contributed by atoms with Crippen LogP contribution in [-0.4, -0.2) is 37.2 Å². The number of hydrogen-bond acceptors (Lipinski definition) is 6. The second kappa shape index (κ2) is 7.68. The lowest BCUT2D eigenvalue weighted by molar-refractivity contribution is 0.390. The molecule has 0 spiro atoms. The first-order chi connectivity index (χ1) is 14.4. The van der Waals surface area contributed by atoms with E-state index in [2.05, 4.69) is 14.8 Å². The van der Waals surface area contributed by atoms with Crippen LogP contribution in [0.2, 0.25) is 0 Å². The Hall–Kier alpha value is -3.59. The fraction of sp³-hybridized carbons (Fsp3) is 0.143. The molecular formula is C21H20N4O4S. The van der Waals surface area contributed by atoms with Crippen molar-refractivity contribution in [2.24, 2.45) is 0 Å². The van der Waals surface area contributed by atoms with Crippen molar-refractivity contribution in [3.05, 3.63) is 66.4 Å². The summed E-state index contributed by atoms with van der Waals surface area (Å²) >= 11 is 0. The second-order valence-electron chi connectivity index (χ2n) is 6.62. The Morgan fingerprint density at radius 2 is 1.73 bits per heavy atom. The van der Waals surface area contributed by atoms with Gasteiger partial charge in [-0.25, -0.2) is 17.9 Å². The molecule has 4 aromatic rings. The van der Waals surface area contributed by atoms with Crippen LogP contribution in [0.1, 0.15) is 5.56 Å². The maximum Gasteiger partial charge on any atom is 0.261 e. The number of hydrogen-bond donors (Lipinski definition) is 1. The average molecular weight is 424 g/mol. The summed E-state index contributed by atoms with van der Waals surface area (Å²) in [7, 11) is -0.675. The molecule has 0 aliphatic carbocycles. The minimum atomic E-state index is -3.75. The molecule has 154 valence electrons. The first-order valence-electron chi connectivity index (χ1n) is 9.08. The smallest absolute Gasteiger partial charge is 0.261 e. The molecule has 0 unspecified atom stereocenters. The van der Waals surface area contributed by atoms with Crippen molar-refractivity contribution >= 4 is 21.4 Å². The largest absolute Gasteiger partial charge is 0.497 e. The van der Waals surface area contributed by atoms with Crippen LogP contribution in [-0.2, 0) is 10.0 Å². The van der Waals surface area contributed by atoms with Crippen molar-refractivity contribution in [1.29, 1.82) is 0 Å². The fourth-order valence-corrected chi connectivity index (χ4v) is 4.08. The van der Waals surface area contributed by atoms with E-state index in [-0.39, 0.29) is 4.90 Å². The van der Waals surface area contributed by atoms with Crippen molar-refractivity contribution in [2.75, 3.05) is 18.9 Å². The van der Waals surface area contributed by atoms with Crippen molar-refractivity contribution in [3.8, 4) is 22.9 Å². The van der Waals surface area contributed by atoms with Crippen LogP contribution in [0.15, 0.2) is 65.7 Å². The molecule has 0 aliphatic rings. The topological polar surface area (TPSA) is 94.8 Å². The molecule has 0 aliphatic heterocycles. The number of rotatable bonds is 6. The SMILES string of the molecule is COc1ccc(S(=O)(=O)Nc2cc(-c3cn4nc(OC)ccc4n3)ccc2C)cc1. The summed E-state index contributed by atoms with van der Waals surface area (Å²) < 4.78 is 40.1. The highest BCUT2D eigenvalue weighted by molar-refractivity contribution is 7.92. The van der Waals surface area contributed by atoms with Crippen LogP contribution in [0.3, 0.4) is 0 Å². The highest BCUT2D eigenvalue weighted by atomic mass is 32.2. The van der Waals surface area contributed by atoms with E-state index in [0.29, 0.717) is 28.7 Å². The molecule has 0 amide bonds. The number of aryl methyl sites for hydroxylation is 1. The summed E-state index contributed by atoms with van der Waals surface area (Å²) in [6.45, 7) is 1.84. The summed E-state index contributed by atoms with van der Waals surface area (Å²) in [6, 6.07) is 15.2. The molecule has 0 atom stereocenters. The van der Waals surface area contributed by atoms with Gasteiger partial charge in [0.05, 0.1) is 36.7 Å². The van der Waals surface area contributed by atoms with Crippen molar-refractivity contribution < 1.29 is 17.9 Å². The quantitative estimate of drug-likeness (QED) is 0.509. The van der Waals surface area contributed by atoms with Crippen LogP contribution in [0.5, 0.6) is 11.6 Å². The molecule has 2 heterocycles. The zero-order valence-electron chi connectivity index (χ0n) is 16.7. The molecule has 0 saturated heterocycles. The van der Waals surface area contributed by atoms with Crippen molar-refractivity contribution in [3.63, 3.8) is 0 Å². The number of fused-ring (bicyclic) bond motifs is 1. The second-order valence-corrected chi connectivity index (χ2v) is 8.30. The zero-order valence-corrected chi connectivity index (χ0v) is 17.5. The Balaban J connectivity index is 1.67. The standard InChI is InChI=1S/C21H20N4O4S/c1-14-4-5-15(19-13-25-20(22-19)10-11-21(23-25)29-3)12-18(14)24-30(26,27)17-8-6-16(28-2)7-9-17/h4-13,24H,1-3H3. The Morgan fingerprint density at radius 3 is 2.43 bits per heavy atom. The number of benzene rings is 2. The van der Waals surface area contributed by atoms with Crippen molar-refractivity contribution in [1.82, 2.24) is 14.6 Å². The molecule has 4 rings (SSSR count). The van der Waals surface area contributed by atoms with E-state index < -0.39 is 10.0 Å². The van der Waals surface area contributed by atoms with Gasteiger partial charge in [0, 0.05) is 11.6 Å². The van der Waals surface area contributed by atoms with Gasteiger partial charge in [-0.3, -0.25) is 4.72 Å². The van der Waals surface area contributed by atoms with E-state index in [4.69, 9.17) is 9.47 Å². The number of sulfonamides is 1. The van der Waals surface area contributed by atoms with Gasteiger partial charge < -0.3 is 9.47 Å². The summed E-state index contributed by atoms with van der Waals surface area (Å²) in [5.74, 6) is 1.06. The fourth-order valence-electron chi connectivity index (χ4n) is 2.96. The van der Waals surface area contributed by atoms with Gasteiger partial charge in [-0.05, 0) is 48.9 Å². The lowest BCUT2D eigenvalue weighted by Crippen LogP contribution is -2.13. The van der Waals surface area contributed by atoms with Crippen LogP contribution < -0.4 is 14.2 Å². The molecular weight excluding hydrogens is 404 g/mol. The maximum absolute atomic E-state index is 12.8. The summed E-state index contributed by atoms with van der Waals surface area (Å²) in [6.07, 6.45) is 1.77. The minimum absolute atomic E-state index is 0.150. The van der Waals surface area contributed by atoms with E-state index in [9.17, 15) is 8.42 Å². The van der Waals surface area contributed by atoms with Crippen LogP contribution in [0, 0.1) is 6.92 Å². The predicted octanol–water partition coefficient (Wildman–Crippen LogP) is 3.52. The highest BCUT2D eigenvalue weighted by Gasteiger charge is 2.16. The molecule has 1 N–H and O–H groups in total. The number of aromatic nitrogens is 3. The number of anilines is 1. The predicted molar refractivity (Wildman–Crippen MR) is 114 cm³/mol.